The van der Waals surface area contributed by atoms with Crippen LogP contribution in [0.1, 0.15) is 23.5 Å². The average molecular weight is 398 g/mol. The second kappa shape index (κ2) is 7.96. The van der Waals surface area contributed by atoms with Gasteiger partial charge in [-0.3, -0.25) is 9.59 Å². The molecule has 0 saturated heterocycles. The number of rotatable bonds is 6. The van der Waals surface area contributed by atoms with Gasteiger partial charge in [0.2, 0.25) is 5.91 Å². The van der Waals surface area contributed by atoms with Crippen LogP contribution in [0.4, 0.5) is 10.1 Å². The van der Waals surface area contributed by atoms with Crippen molar-refractivity contribution in [2.75, 3.05) is 11.6 Å². The lowest BCUT2D eigenvalue weighted by Crippen LogP contribution is -2.47. The van der Waals surface area contributed by atoms with Crippen molar-refractivity contribution in [3.63, 3.8) is 0 Å². The highest BCUT2D eigenvalue weighted by atomic mass is 32.2. The molecule has 140 valence electrons. The molecule has 2 rings (SSSR count). The zero-order valence-corrected chi connectivity index (χ0v) is 16.1. The molecule has 2 aromatic rings. The lowest BCUT2D eigenvalue weighted by atomic mass is 10.0. The Morgan fingerprint density at radius 1 is 1.19 bits per heavy atom. The molecule has 1 heterocycles. The zero-order chi connectivity index (χ0) is 19.5. The summed E-state index contributed by atoms with van der Waals surface area (Å²) >= 11 is 1.24. The van der Waals surface area contributed by atoms with Crippen molar-refractivity contribution in [2.24, 2.45) is 5.92 Å². The van der Waals surface area contributed by atoms with E-state index in [0.717, 1.165) is 24.5 Å². The fourth-order valence-corrected chi connectivity index (χ4v) is 3.47. The Kier molecular flexibility index (Phi) is 6.14. The third-order valence-corrected chi connectivity index (χ3v) is 5.58. The normalized spacial score (nSPS) is 12.7. The molecule has 0 aliphatic heterocycles. The SMILES string of the molecule is CC(C)C(NC(=O)c1cccs1)C(=O)Nc1cc(S(C)(=O)=O)ccc1F. The molecule has 6 nitrogen and oxygen atoms in total. The number of thiophene rings is 1. The first kappa shape index (κ1) is 20.1. The van der Waals surface area contributed by atoms with E-state index in [9.17, 15) is 22.4 Å². The van der Waals surface area contributed by atoms with E-state index in [1.54, 1.807) is 31.4 Å². The molecule has 0 bridgehead atoms. The number of sulfone groups is 1. The molecule has 0 saturated carbocycles. The van der Waals surface area contributed by atoms with Crippen molar-refractivity contribution in [2.45, 2.75) is 24.8 Å². The number of amides is 2. The summed E-state index contributed by atoms with van der Waals surface area (Å²) in [4.78, 5) is 25.1. The number of hydrogen-bond acceptors (Lipinski definition) is 5. The largest absolute Gasteiger partial charge is 0.339 e. The van der Waals surface area contributed by atoms with Gasteiger partial charge in [-0.15, -0.1) is 11.3 Å². The summed E-state index contributed by atoms with van der Waals surface area (Å²) in [6, 6.07) is 5.59. The smallest absolute Gasteiger partial charge is 0.262 e. The number of carbonyl (C=O) groups excluding carboxylic acids is 2. The molecule has 26 heavy (non-hydrogen) atoms. The zero-order valence-electron chi connectivity index (χ0n) is 14.4. The predicted octanol–water partition coefficient (Wildman–Crippen LogP) is 2.68. The third-order valence-electron chi connectivity index (χ3n) is 3.60. The minimum absolute atomic E-state index is 0.113. The van der Waals surface area contributed by atoms with E-state index in [1.165, 1.54) is 11.3 Å². The highest BCUT2D eigenvalue weighted by molar-refractivity contribution is 7.90. The fourth-order valence-electron chi connectivity index (χ4n) is 2.20. The maximum Gasteiger partial charge on any atom is 0.262 e. The quantitative estimate of drug-likeness (QED) is 0.732. The Hall–Kier alpha value is -2.26. The minimum Gasteiger partial charge on any atom is -0.339 e. The van der Waals surface area contributed by atoms with E-state index in [4.69, 9.17) is 0 Å². The monoisotopic (exact) mass is 398 g/mol. The highest BCUT2D eigenvalue weighted by Gasteiger charge is 2.26. The van der Waals surface area contributed by atoms with Crippen LogP contribution in [0.15, 0.2) is 40.6 Å². The van der Waals surface area contributed by atoms with E-state index < -0.39 is 33.5 Å². The van der Waals surface area contributed by atoms with Crippen molar-refractivity contribution in [1.29, 1.82) is 0 Å². The maximum atomic E-state index is 14.0. The first-order chi connectivity index (χ1) is 12.1. The van der Waals surface area contributed by atoms with E-state index >= 15 is 0 Å². The number of hydrogen-bond donors (Lipinski definition) is 2. The third kappa shape index (κ3) is 4.89. The van der Waals surface area contributed by atoms with Gasteiger partial charge >= 0.3 is 0 Å². The number of carbonyl (C=O) groups is 2. The van der Waals surface area contributed by atoms with E-state index in [0.29, 0.717) is 4.88 Å². The summed E-state index contributed by atoms with van der Waals surface area (Å²) in [6.07, 6.45) is 0.990. The van der Waals surface area contributed by atoms with Crippen LogP contribution in [0.25, 0.3) is 0 Å². The Bertz CT molecular complexity index is 909. The van der Waals surface area contributed by atoms with Crippen molar-refractivity contribution < 1.29 is 22.4 Å². The Balaban J connectivity index is 2.21. The molecule has 0 aliphatic rings. The molecule has 1 aromatic heterocycles. The van der Waals surface area contributed by atoms with Crippen LogP contribution in [-0.2, 0) is 14.6 Å². The molecule has 1 aromatic carbocycles. The maximum absolute atomic E-state index is 14.0. The van der Waals surface area contributed by atoms with Gasteiger partial charge in [-0.1, -0.05) is 19.9 Å². The van der Waals surface area contributed by atoms with Gasteiger partial charge in [0.05, 0.1) is 15.5 Å². The van der Waals surface area contributed by atoms with Gasteiger partial charge < -0.3 is 10.6 Å². The lowest BCUT2D eigenvalue weighted by Gasteiger charge is -2.21. The molecule has 2 amide bonds. The minimum atomic E-state index is -3.55. The second-order valence-electron chi connectivity index (χ2n) is 6.08. The van der Waals surface area contributed by atoms with Crippen LogP contribution >= 0.6 is 11.3 Å². The van der Waals surface area contributed by atoms with Gasteiger partial charge in [-0.2, -0.15) is 0 Å². The lowest BCUT2D eigenvalue weighted by molar-refractivity contribution is -0.118. The van der Waals surface area contributed by atoms with Crippen LogP contribution in [-0.4, -0.2) is 32.5 Å². The second-order valence-corrected chi connectivity index (χ2v) is 9.04. The van der Waals surface area contributed by atoms with Gasteiger partial charge in [0.1, 0.15) is 11.9 Å². The number of nitrogens with one attached hydrogen (secondary N) is 2. The number of halogens is 1. The summed E-state index contributed by atoms with van der Waals surface area (Å²) in [5.41, 5.74) is -0.256. The molecule has 1 unspecified atom stereocenters. The van der Waals surface area contributed by atoms with Crippen LogP contribution in [0.3, 0.4) is 0 Å². The summed E-state index contributed by atoms with van der Waals surface area (Å²) in [6.45, 7) is 3.48. The van der Waals surface area contributed by atoms with Gasteiger partial charge in [-0.05, 0) is 35.6 Å². The number of benzene rings is 1. The molecule has 0 fully saturated rings. The van der Waals surface area contributed by atoms with E-state index in [-0.39, 0.29) is 16.5 Å². The van der Waals surface area contributed by atoms with Crippen LogP contribution in [0, 0.1) is 11.7 Å². The van der Waals surface area contributed by atoms with Gasteiger partial charge in [0.15, 0.2) is 9.84 Å². The molecule has 0 radical (unpaired) electrons. The molecule has 0 aliphatic carbocycles. The number of anilines is 1. The van der Waals surface area contributed by atoms with Crippen LogP contribution < -0.4 is 10.6 Å². The molecule has 9 heteroatoms. The average Bonchev–Trinajstić information content (AvgIpc) is 3.07. The summed E-state index contributed by atoms with van der Waals surface area (Å²) in [7, 11) is -3.55. The summed E-state index contributed by atoms with van der Waals surface area (Å²) in [5, 5.41) is 6.73. The molecule has 2 N–H and O–H groups in total. The highest BCUT2D eigenvalue weighted by Crippen LogP contribution is 2.20. The van der Waals surface area contributed by atoms with Crippen molar-refractivity contribution in [1.82, 2.24) is 5.32 Å². The van der Waals surface area contributed by atoms with Crippen molar-refractivity contribution in [3.05, 3.63) is 46.4 Å². The van der Waals surface area contributed by atoms with Crippen LogP contribution in [0.5, 0.6) is 0 Å². The Labute approximate surface area is 155 Å². The standard InChI is InChI=1S/C17H19FN2O4S2/c1-10(2)15(20-16(21)14-5-4-8-25-14)17(22)19-13-9-11(26(3,23)24)6-7-12(13)18/h4-10,15H,1-3H3,(H,19,22)(H,20,21). The van der Waals surface area contributed by atoms with E-state index in [1.807, 2.05) is 0 Å². The summed E-state index contributed by atoms with van der Waals surface area (Å²) in [5.74, 6) is -2.06. The molecule has 1 atom stereocenters. The van der Waals surface area contributed by atoms with Crippen molar-refractivity contribution >= 4 is 38.7 Å². The van der Waals surface area contributed by atoms with Crippen LogP contribution in [0.2, 0.25) is 0 Å². The van der Waals surface area contributed by atoms with Gasteiger partial charge in [0.25, 0.3) is 5.91 Å². The molecule has 0 spiro atoms. The predicted molar refractivity (Wildman–Crippen MR) is 98.6 cm³/mol. The molecular weight excluding hydrogens is 379 g/mol. The topological polar surface area (TPSA) is 92.3 Å². The van der Waals surface area contributed by atoms with E-state index in [2.05, 4.69) is 10.6 Å². The van der Waals surface area contributed by atoms with Gasteiger partial charge in [-0.25, -0.2) is 12.8 Å². The van der Waals surface area contributed by atoms with Gasteiger partial charge in [0, 0.05) is 6.26 Å². The Morgan fingerprint density at radius 2 is 1.88 bits per heavy atom. The first-order valence-corrected chi connectivity index (χ1v) is 10.5. The fraction of sp³-hybridized carbons (Fsp3) is 0.294. The Morgan fingerprint density at radius 3 is 2.42 bits per heavy atom. The first-order valence-electron chi connectivity index (χ1n) is 7.74. The summed E-state index contributed by atoms with van der Waals surface area (Å²) < 4.78 is 37.2. The molecular formula is C17H19FN2O4S2. The van der Waals surface area contributed by atoms with Crippen molar-refractivity contribution in [3.8, 4) is 0 Å².